The zero-order valence-electron chi connectivity index (χ0n) is 14.2. The van der Waals surface area contributed by atoms with Crippen molar-refractivity contribution in [1.29, 1.82) is 0 Å². The molecule has 0 unspecified atom stereocenters. The molecule has 134 valence electrons. The Morgan fingerprint density at radius 3 is 2.42 bits per heavy atom. The van der Waals surface area contributed by atoms with Crippen LogP contribution in [0.1, 0.15) is 10.4 Å². The average molecular weight is 387 g/mol. The Kier molecular flexibility index (Phi) is 5.15. The maximum atomic E-state index is 12.6. The van der Waals surface area contributed by atoms with Crippen LogP contribution in [0.2, 0.25) is 0 Å². The third-order valence-corrected chi connectivity index (χ3v) is 5.79. The third-order valence-electron chi connectivity index (χ3n) is 3.57. The van der Waals surface area contributed by atoms with Gasteiger partial charge in [0.25, 0.3) is 5.91 Å². The van der Waals surface area contributed by atoms with E-state index >= 15 is 0 Å². The molecule has 0 atom stereocenters. The molecule has 0 saturated carbocycles. The van der Waals surface area contributed by atoms with Gasteiger partial charge in [0.2, 0.25) is 0 Å². The fourth-order valence-electron chi connectivity index (χ4n) is 2.31. The number of sulfone groups is 1. The predicted octanol–water partition coefficient (Wildman–Crippen LogP) is 3.23. The Balaban J connectivity index is 1.82. The number of amides is 1. The van der Waals surface area contributed by atoms with E-state index in [1.54, 1.807) is 60.5 Å². The first-order valence-corrected chi connectivity index (χ1v) is 10.4. The van der Waals surface area contributed by atoms with Crippen molar-refractivity contribution in [3.63, 3.8) is 0 Å². The second-order valence-corrected chi connectivity index (χ2v) is 8.83. The summed E-state index contributed by atoms with van der Waals surface area (Å²) in [7, 11) is -1.45. The molecule has 1 aromatic heterocycles. The van der Waals surface area contributed by atoms with Crippen molar-refractivity contribution in [3.8, 4) is 0 Å². The first-order valence-electron chi connectivity index (χ1n) is 7.70. The van der Waals surface area contributed by atoms with E-state index in [0.29, 0.717) is 11.3 Å². The summed E-state index contributed by atoms with van der Waals surface area (Å²) in [4.78, 5) is 14.5. The molecule has 8 heteroatoms. The summed E-state index contributed by atoms with van der Waals surface area (Å²) < 4.78 is 24.7. The fourth-order valence-corrected chi connectivity index (χ4v) is 3.88. The van der Waals surface area contributed by atoms with Crippen molar-refractivity contribution < 1.29 is 13.2 Å². The molecule has 0 radical (unpaired) electrons. The Hall–Kier alpha value is -2.58. The first kappa shape index (κ1) is 18.2. The number of carbonyl (C=O) groups excluding carboxylic acids is 1. The predicted molar refractivity (Wildman–Crippen MR) is 101 cm³/mol. The quantitative estimate of drug-likeness (QED) is 0.727. The van der Waals surface area contributed by atoms with Crippen LogP contribution in [-0.2, 0) is 16.9 Å². The summed E-state index contributed by atoms with van der Waals surface area (Å²) in [6.07, 6.45) is 4.47. The minimum atomic E-state index is -3.23. The van der Waals surface area contributed by atoms with Gasteiger partial charge in [0.1, 0.15) is 0 Å². The molecule has 0 saturated heterocycles. The van der Waals surface area contributed by atoms with E-state index in [-0.39, 0.29) is 10.8 Å². The van der Waals surface area contributed by atoms with Crippen LogP contribution in [0.25, 0.3) is 0 Å². The van der Waals surface area contributed by atoms with Gasteiger partial charge in [-0.1, -0.05) is 23.9 Å². The number of nitrogens with one attached hydrogen (secondary N) is 1. The van der Waals surface area contributed by atoms with Gasteiger partial charge in [-0.3, -0.25) is 9.48 Å². The number of hydrogen-bond acceptors (Lipinski definition) is 5. The van der Waals surface area contributed by atoms with Gasteiger partial charge in [0.05, 0.1) is 22.3 Å². The van der Waals surface area contributed by atoms with E-state index < -0.39 is 9.84 Å². The van der Waals surface area contributed by atoms with Crippen LogP contribution >= 0.6 is 11.8 Å². The molecule has 0 bridgehead atoms. The molecule has 1 amide bonds. The fraction of sp³-hybridized carbons (Fsp3) is 0.111. The molecular formula is C18H17N3O3S2. The average Bonchev–Trinajstić information content (AvgIpc) is 3.00. The minimum Gasteiger partial charge on any atom is -0.319 e. The lowest BCUT2D eigenvalue weighted by molar-refractivity contribution is 0.102. The van der Waals surface area contributed by atoms with Crippen molar-refractivity contribution in [2.24, 2.45) is 7.05 Å². The highest BCUT2D eigenvalue weighted by Crippen LogP contribution is 2.31. The van der Waals surface area contributed by atoms with Gasteiger partial charge >= 0.3 is 0 Å². The molecule has 0 fully saturated rings. The Morgan fingerprint density at radius 1 is 1.12 bits per heavy atom. The van der Waals surface area contributed by atoms with Crippen LogP contribution in [0.15, 0.2) is 75.6 Å². The lowest BCUT2D eigenvalue weighted by atomic mass is 10.2. The largest absolute Gasteiger partial charge is 0.319 e. The molecule has 2 aromatic carbocycles. The van der Waals surface area contributed by atoms with E-state index in [0.717, 1.165) is 9.79 Å². The maximum absolute atomic E-state index is 12.6. The zero-order valence-corrected chi connectivity index (χ0v) is 15.8. The van der Waals surface area contributed by atoms with Crippen molar-refractivity contribution in [2.75, 3.05) is 11.6 Å². The number of anilines is 1. The van der Waals surface area contributed by atoms with E-state index in [1.165, 1.54) is 18.0 Å². The number of hydrogen-bond donors (Lipinski definition) is 1. The highest BCUT2D eigenvalue weighted by Gasteiger charge is 2.13. The zero-order chi connectivity index (χ0) is 18.7. The lowest BCUT2D eigenvalue weighted by Crippen LogP contribution is -2.12. The van der Waals surface area contributed by atoms with Crippen LogP contribution < -0.4 is 5.32 Å². The molecule has 3 aromatic rings. The van der Waals surface area contributed by atoms with Crippen LogP contribution in [0.4, 0.5) is 5.69 Å². The molecule has 0 spiro atoms. The summed E-state index contributed by atoms with van der Waals surface area (Å²) in [6, 6.07) is 13.9. The second-order valence-electron chi connectivity index (χ2n) is 5.70. The number of aromatic nitrogens is 2. The smallest absolute Gasteiger partial charge is 0.256 e. The van der Waals surface area contributed by atoms with Crippen LogP contribution in [-0.4, -0.2) is 30.4 Å². The van der Waals surface area contributed by atoms with Crippen molar-refractivity contribution >= 4 is 33.2 Å². The minimum absolute atomic E-state index is 0.228. The standard InChI is InChI=1S/C18H17N3O3S2/c1-21-12-13(11-19-21)20-18(22)16-5-3-4-6-17(16)25-14-7-9-15(10-8-14)26(2,23)24/h3-12H,1-2H3,(H,20,22). The van der Waals surface area contributed by atoms with E-state index in [4.69, 9.17) is 0 Å². The Morgan fingerprint density at radius 2 is 1.81 bits per heavy atom. The van der Waals surface area contributed by atoms with Crippen LogP contribution in [0.5, 0.6) is 0 Å². The normalized spacial score (nSPS) is 11.3. The monoisotopic (exact) mass is 387 g/mol. The number of aryl methyl sites for hydroxylation is 1. The summed E-state index contributed by atoms with van der Waals surface area (Å²) >= 11 is 1.40. The summed E-state index contributed by atoms with van der Waals surface area (Å²) in [5.41, 5.74) is 1.16. The Bertz CT molecular complexity index is 1040. The maximum Gasteiger partial charge on any atom is 0.256 e. The van der Waals surface area contributed by atoms with Gasteiger partial charge in [0.15, 0.2) is 9.84 Å². The van der Waals surface area contributed by atoms with Crippen molar-refractivity contribution in [2.45, 2.75) is 14.7 Å². The highest BCUT2D eigenvalue weighted by atomic mass is 32.2. The van der Waals surface area contributed by atoms with Crippen LogP contribution in [0, 0.1) is 0 Å². The molecular weight excluding hydrogens is 370 g/mol. The van der Waals surface area contributed by atoms with Gasteiger partial charge in [-0.2, -0.15) is 5.10 Å². The topological polar surface area (TPSA) is 81.1 Å². The van der Waals surface area contributed by atoms with E-state index in [2.05, 4.69) is 10.4 Å². The molecule has 0 aliphatic rings. The van der Waals surface area contributed by atoms with Gasteiger partial charge in [0, 0.05) is 29.3 Å². The van der Waals surface area contributed by atoms with Gasteiger partial charge in [-0.25, -0.2) is 8.42 Å². The van der Waals surface area contributed by atoms with Crippen LogP contribution in [0.3, 0.4) is 0 Å². The van der Waals surface area contributed by atoms with Crippen molar-refractivity contribution in [1.82, 2.24) is 9.78 Å². The summed E-state index contributed by atoms with van der Waals surface area (Å²) in [5.74, 6) is -0.228. The molecule has 0 aliphatic heterocycles. The molecule has 26 heavy (non-hydrogen) atoms. The summed E-state index contributed by atoms with van der Waals surface area (Å²) in [5, 5.41) is 6.85. The molecule has 1 N–H and O–H groups in total. The number of rotatable bonds is 5. The number of benzene rings is 2. The number of nitrogens with zero attached hydrogens (tertiary/aromatic N) is 2. The second kappa shape index (κ2) is 7.35. The Labute approximate surface area is 156 Å². The summed E-state index contributed by atoms with van der Waals surface area (Å²) in [6.45, 7) is 0. The molecule has 3 rings (SSSR count). The van der Waals surface area contributed by atoms with E-state index in [9.17, 15) is 13.2 Å². The number of carbonyl (C=O) groups is 1. The van der Waals surface area contributed by atoms with E-state index in [1.807, 2.05) is 12.1 Å². The third kappa shape index (κ3) is 4.33. The SMILES string of the molecule is Cn1cc(NC(=O)c2ccccc2Sc2ccc(S(C)(=O)=O)cc2)cn1. The van der Waals surface area contributed by atoms with Gasteiger partial charge in [-0.05, 0) is 36.4 Å². The van der Waals surface area contributed by atoms with Gasteiger partial charge in [-0.15, -0.1) is 0 Å². The molecule has 1 heterocycles. The highest BCUT2D eigenvalue weighted by molar-refractivity contribution is 7.99. The lowest BCUT2D eigenvalue weighted by Gasteiger charge is -2.09. The van der Waals surface area contributed by atoms with Gasteiger partial charge < -0.3 is 5.32 Å². The molecule has 6 nitrogen and oxygen atoms in total. The molecule has 0 aliphatic carbocycles. The first-order chi connectivity index (χ1) is 12.3. The van der Waals surface area contributed by atoms with Crippen molar-refractivity contribution in [3.05, 3.63) is 66.5 Å².